The van der Waals surface area contributed by atoms with E-state index >= 15 is 0 Å². The summed E-state index contributed by atoms with van der Waals surface area (Å²) in [7, 11) is 3.20. The number of methoxy groups -OCH3 is 2. The Bertz CT molecular complexity index is 409. The predicted molar refractivity (Wildman–Crippen MR) is 73.9 cm³/mol. The Balaban J connectivity index is 2.57. The highest BCUT2D eigenvalue weighted by Gasteiger charge is 2.11. The lowest BCUT2D eigenvalue weighted by atomic mass is 10.1. The number of nitrogens with one attached hydrogen (secondary N) is 1. The van der Waals surface area contributed by atoms with E-state index in [1.54, 1.807) is 20.3 Å². The molecule has 0 radical (unpaired) electrons. The normalized spacial score (nSPS) is 12.2. The third kappa shape index (κ3) is 4.40. The third-order valence-electron chi connectivity index (χ3n) is 2.61. The standard InChI is InChI=1S/C13H18BrNO3/c1-9-4-5-10(6-12(9)14)13(16)15-7-11(18-3)8-17-2/h4-6,11H,7-8H2,1-3H3,(H,15,16). The molecule has 1 amide bonds. The average Bonchev–Trinajstić information content (AvgIpc) is 2.37. The van der Waals surface area contributed by atoms with Gasteiger partial charge in [-0.3, -0.25) is 4.79 Å². The molecule has 1 aromatic rings. The van der Waals surface area contributed by atoms with Crippen LogP contribution in [-0.2, 0) is 9.47 Å². The number of ether oxygens (including phenoxy) is 2. The molecule has 1 aromatic carbocycles. The molecule has 1 unspecified atom stereocenters. The van der Waals surface area contributed by atoms with Gasteiger partial charge in [-0.1, -0.05) is 22.0 Å². The molecule has 0 aromatic heterocycles. The van der Waals surface area contributed by atoms with Crippen LogP contribution in [-0.4, -0.2) is 39.4 Å². The van der Waals surface area contributed by atoms with E-state index in [-0.39, 0.29) is 12.0 Å². The summed E-state index contributed by atoms with van der Waals surface area (Å²) in [5.74, 6) is -0.117. The summed E-state index contributed by atoms with van der Waals surface area (Å²) in [6.07, 6.45) is -0.132. The highest BCUT2D eigenvalue weighted by atomic mass is 79.9. The fraction of sp³-hybridized carbons (Fsp3) is 0.462. The predicted octanol–water partition coefficient (Wildman–Crippen LogP) is 2.15. The highest BCUT2D eigenvalue weighted by Crippen LogP contribution is 2.17. The van der Waals surface area contributed by atoms with Crippen LogP contribution in [0, 0.1) is 6.92 Å². The molecule has 5 heteroatoms. The summed E-state index contributed by atoms with van der Waals surface area (Å²) in [6, 6.07) is 5.51. The van der Waals surface area contributed by atoms with Crippen LogP contribution in [0.15, 0.2) is 22.7 Å². The van der Waals surface area contributed by atoms with Crippen molar-refractivity contribution in [3.8, 4) is 0 Å². The fourth-order valence-corrected chi connectivity index (χ4v) is 1.82. The van der Waals surface area contributed by atoms with E-state index in [1.165, 1.54) is 0 Å². The molecule has 0 bridgehead atoms. The number of rotatable bonds is 6. The second kappa shape index (κ2) is 7.51. The Morgan fingerprint density at radius 1 is 1.44 bits per heavy atom. The maximum atomic E-state index is 11.9. The van der Waals surface area contributed by atoms with Crippen molar-refractivity contribution in [3.05, 3.63) is 33.8 Å². The minimum atomic E-state index is -0.132. The first-order valence-electron chi connectivity index (χ1n) is 5.64. The number of amides is 1. The van der Waals surface area contributed by atoms with Crippen molar-refractivity contribution in [3.63, 3.8) is 0 Å². The Morgan fingerprint density at radius 2 is 2.17 bits per heavy atom. The number of hydrogen-bond donors (Lipinski definition) is 1. The molecule has 0 aliphatic heterocycles. The summed E-state index contributed by atoms with van der Waals surface area (Å²) >= 11 is 3.41. The SMILES string of the molecule is COCC(CNC(=O)c1ccc(C)c(Br)c1)OC. The van der Waals surface area contributed by atoms with Crippen LogP contribution in [0.25, 0.3) is 0 Å². The molecule has 0 spiro atoms. The van der Waals surface area contributed by atoms with E-state index < -0.39 is 0 Å². The van der Waals surface area contributed by atoms with Crippen LogP contribution in [0.1, 0.15) is 15.9 Å². The van der Waals surface area contributed by atoms with Gasteiger partial charge in [0.15, 0.2) is 0 Å². The van der Waals surface area contributed by atoms with Gasteiger partial charge in [0, 0.05) is 30.8 Å². The van der Waals surface area contributed by atoms with Crippen LogP contribution in [0.5, 0.6) is 0 Å². The summed E-state index contributed by atoms with van der Waals surface area (Å²) < 4.78 is 11.1. The van der Waals surface area contributed by atoms with Crippen molar-refractivity contribution in [1.29, 1.82) is 0 Å². The quantitative estimate of drug-likeness (QED) is 0.875. The van der Waals surface area contributed by atoms with Crippen molar-refractivity contribution in [2.24, 2.45) is 0 Å². The van der Waals surface area contributed by atoms with Gasteiger partial charge in [0.2, 0.25) is 0 Å². The molecular weight excluding hydrogens is 298 g/mol. The second-order valence-corrected chi connectivity index (χ2v) is 4.84. The van der Waals surface area contributed by atoms with Gasteiger partial charge in [-0.05, 0) is 24.6 Å². The lowest BCUT2D eigenvalue weighted by Crippen LogP contribution is -2.35. The minimum absolute atomic E-state index is 0.117. The van der Waals surface area contributed by atoms with E-state index in [2.05, 4.69) is 21.2 Å². The van der Waals surface area contributed by atoms with Gasteiger partial charge in [0.25, 0.3) is 5.91 Å². The van der Waals surface area contributed by atoms with E-state index in [1.807, 2.05) is 19.1 Å². The number of hydrogen-bond acceptors (Lipinski definition) is 3. The minimum Gasteiger partial charge on any atom is -0.382 e. The smallest absolute Gasteiger partial charge is 0.251 e. The van der Waals surface area contributed by atoms with Gasteiger partial charge in [-0.2, -0.15) is 0 Å². The van der Waals surface area contributed by atoms with Gasteiger partial charge in [-0.15, -0.1) is 0 Å². The average molecular weight is 316 g/mol. The van der Waals surface area contributed by atoms with Crippen molar-refractivity contribution in [2.45, 2.75) is 13.0 Å². The molecule has 0 saturated heterocycles. The lowest BCUT2D eigenvalue weighted by molar-refractivity contribution is 0.0285. The molecule has 100 valence electrons. The molecule has 18 heavy (non-hydrogen) atoms. The highest BCUT2D eigenvalue weighted by molar-refractivity contribution is 9.10. The van der Waals surface area contributed by atoms with Crippen molar-refractivity contribution in [2.75, 3.05) is 27.4 Å². The van der Waals surface area contributed by atoms with Crippen LogP contribution >= 0.6 is 15.9 Å². The molecule has 1 atom stereocenters. The molecule has 0 aliphatic rings. The maximum absolute atomic E-state index is 11.9. The Kier molecular flexibility index (Phi) is 6.32. The van der Waals surface area contributed by atoms with Gasteiger partial charge in [-0.25, -0.2) is 0 Å². The summed E-state index contributed by atoms with van der Waals surface area (Å²) in [4.78, 5) is 11.9. The summed E-state index contributed by atoms with van der Waals surface area (Å²) in [5, 5.41) is 2.82. The molecule has 1 N–H and O–H groups in total. The second-order valence-electron chi connectivity index (χ2n) is 3.99. The summed E-state index contributed by atoms with van der Waals surface area (Å²) in [6.45, 7) is 2.86. The topological polar surface area (TPSA) is 47.6 Å². The summed E-state index contributed by atoms with van der Waals surface area (Å²) in [5.41, 5.74) is 1.72. The largest absolute Gasteiger partial charge is 0.382 e. The van der Waals surface area contributed by atoms with Gasteiger partial charge in [0.1, 0.15) is 0 Å². The molecule has 0 heterocycles. The number of benzene rings is 1. The molecule has 4 nitrogen and oxygen atoms in total. The Labute approximate surface area is 116 Å². The number of halogens is 1. The first-order chi connectivity index (χ1) is 8.58. The van der Waals surface area contributed by atoms with Crippen molar-refractivity contribution < 1.29 is 14.3 Å². The molecule has 0 saturated carbocycles. The van der Waals surface area contributed by atoms with E-state index in [0.717, 1.165) is 10.0 Å². The van der Waals surface area contributed by atoms with Crippen molar-refractivity contribution >= 4 is 21.8 Å². The zero-order valence-electron chi connectivity index (χ0n) is 10.8. The van der Waals surface area contributed by atoms with E-state index in [9.17, 15) is 4.79 Å². The van der Waals surface area contributed by atoms with Crippen LogP contribution in [0.4, 0.5) is 0 Å². The lowest BCUT2D eigenvalue weighted by Gasteiger charge is -2.15. The first kappa shape index (κ1) is 15.1. The van der Waals surface area contributed by atoms with E-state index in [0.29, 0.717) is 18.7 Å². The molecule has 0 aliphatic carbocycles. The van der Waals surface area contributed by atoms with Gasteiger partial charge >= 0.3 is 0 Å². The number of carbonyl (C=O) groups is 1. The van der Waals surface area contributed by atoms with Crippen LogP contribution in [0.2, 0.25) is 0 Å². The number of carbonyl (C=O) groups excluding carboxylic acids is 1. The molecular formula is C13H18BrNO3. The fourth-order valence-electron chi connectivity index (χ4n) is 1.44. The Hall–Kier alpha value is -0.910. The van der Waals surface area contributed by atoms with Crippen molar-refractivity contribution in [1.82, 2.24) is 5.32 Å². The van der Waals surface area contributed by atoms with Gasteiger partial charge in [0.05, 0.1) is 12.7 Å². The Morgan fingerprint density at radius 3 is 2.72 bits per heavy atom. The van der Waals surface area contributed by atoms with Crippen LogP contribution in [0.3, 0.4) is 0 Å². The van der Waals surface area contributed by atoms with Crippen LogP contribution < -0.4 is 5.32 Å². The number of aryl methyl sites for hydroxylation is 1. The zero-order chi connectivity index (χ0) is 13.5. The monoisotopic (exact) mass is 315 g/mol. The maximum Gasteiger partial charge on any atom is 0.251 e. The molecule has 0 fully saturated rings. The third-order valence-corrected chi connectivity index (χ3v) is 3.46. The van der Waals surface area contributed by atoms with Gasteiger partial charge < -0.3 is 14.8 Å². The zero-order valence-corrected chi connectivity index (χ0v) is 12.4. The first-order valence-corrected chi connectivity index (χ1v) is 6.44. The van der Waals surface area contributed by atoms with E-state index in [4.69, 9.17) is 9.47 Å². The molecule has 1 rings (SSSR count).